The van der Waals surface area contributed by atoms with Gasteiger partial charge < -0.3 is 5.73 Å². The molecule has 0 unspecified atom stereocenters. The highest BCUT2D eigenvalue weighted by Gasteiger charge is 2.23. The summed E-state index contributed by atoms with van der Waals surface area (Å²) < 4.78 is 2.03. The number of rotatable bonds is 3. The van der Waals surface area contributed by atoms with Crippen molar-refractivity contribution in [3.05, 3.63) is 11.4 Å². The van der Waals surface area contributed by atoms with Crippen LogP contribution in [0.15, 0.2) is 0 Å². The monoisotopic (exact) mass is 180 g/mol. The Labute approximate surface area is 78.1 Å². The summed E-state index contributed by atoms with van der Waals surface area (Å²) in [6.07, 6.45) is 4.72. The predicted octanol–water partition coefficient (Wildman–Crippen LogP) is 1.02. The highest BCUT2D eigenvalue weighted by molar-refractivity contribution is 5.10. The molecule has 1 aromatic rings. The number of hydrogen-bond acceptors (Lipinski definition) is 3. The molecule has 0 aliphatic heterocycles. The van der Waals surface area contributed by atoms with Gasteiger partial charge in [0.05, 0.1) is 17.4 Å². The number of nitrogens with two attached hydrogens (primary N) is 1. The molecule has 72 valence electrons. The van der Waals surface area contributed by atoms with E-state index in [-0.39, 0.29) is 0 Å². The largest absolute Gasteiger partial charge is 0.325 e. The van der Waals surface area contributed by atoms with Crippen molar-refractivity contribution in [1.29, 1.82) is 0 Å². The smallest absolute Gasteiger partial charge is 0.0869 e. The molecule has 4 nitrogen and oxygen atoms in total. The molecule has 1 aliphatic rings. The van der Waals surface area contributed by atoms with Crippen molar-refractivity contribution < 1.29 is 0 Å². The molecule has 2 N–H and O–H groups in total. The summed E-state index contributed by atoms with van der Waals surface area (Å²) in [4.78, 5) is 0. The molecule has 1 saturated carbocycles. The van der Waals surface area contributed by atoms with E-state index < -0.39 is 0 Å². The zero-order chi connectivity index (χ0) is 9.26. The molecule has 0 radical (unpaired) electrons. The van der Waals surface area contributed by atoms with Gasteiger partial charge in [0.15, 0.2) is 0 Å². The summed E-state index contributed by atoms with van der Waals surface area (Å²) >= 11 is 0. The normalized spacial score (nSPS) is 17.4. The molecule has 0 saturated heterocycles. The number of nitrogens with zero attached hydrogens (tertiary/aromatic N) is 3. The summed E-state index contributed by atoms with van der Waals surface area (Å²) in [5, 5.41) is 8.31. The van der Waals surface area contributed by atoms with Crippen molar-refractivity contribution in [3.8, 4) is 0 Å². The van der Waals surface area contributed by atoms with Crippen molar-refractivity contribution >= 4 is 0 Å². The fourth-order valence-corrected chi connectivity index (χ4v) is 1.76. The minimum absolute atomic E-state index is 0.562. The summed E-state index contributed by atoms with van der Waals surface area (Å²) in [7, 11) is 0. The summed E-state index contributed by atoms with van der Waals surface area (Å²) in [6, 6.07) is 0.575. The second-order valence-corrected chi connectivity index (χ2v) is 3.57. The molecule has 0 amide bonds. The first kappa shape index (κ1) is 8.69. The van der Waals surface area contributed by atoms with Gasteiger partial charge in [-0.2, -0.15) is 0 Å². The van der Waals surface area contributed by atoms with Crippen LogP contribution < -0.4 is 5.73 Å². The van der Waals surface area contributed by atoms with Crippen LogP contribution in [0, 0.1) is 0 Å². The molecule has 4 heteroatoms. The van der Waals surface area contributed by atoms with Gasteiger partial charge in [-0.3, -0.25) is 0 Å². The molecule has 13 heavy (non-hydrogen) atoms. The van der Waals surface area contributed by atoms with Gasteiger partial charge in [0.25, 0.3) is 0 Å². The van der Waals surface area contributed by atoms with Gasteiger partial charge in [-0.15, -0.1) is 5.10 Å². The number of aromatic nitrogens is 3. The Kier molecular flexibility index (Phi) is 2.31. The summed E-state index contributed by atoms with van der Waals surface area (Å²) in [5.74, 6) is 0. The lowest BCUT2D eigenvalue weighted by atomic mass is 9.93. The average Bonchev–Trinajstić information content (AvgIpc) is 2.44. The molecule has 1 fully saturated rings. The van der Waals surface area contributed by atoms with Crippen LogP contribution in [0.3, 0.4) is 0 Å². The summed E-state index contributed by atoms with van der Waals surface area (Å²) in [5.41, 5.74) is 7.88. The lowest BCUT2D eigenvalue weighted by Crippen LogP contribution is -2.22. The zero-order valence-electron chi connectivity index (χ0n) is 8.03. The second kappa shape index (κ2) is 3.46. The standard InChI is InChI=1S/C9H16N4/c1-2-8-9(6-10)13(12-11-8)7-4-3-5-7/h7H,2-6,10H2,1H3. The van der Waals surface area contributed by atoms with Crippen LogP contribution in [0.5, 0.6) is 0 Å². The van der Waals surface area contributed by atoms with E-state index >= 15 is 0 Å². The van der Waals surface area contributed by atoms with Crippen LogP contribution in [0.2, 0.25) is 0 Å². The van der Waals surface area contributed by atoms with Crippen LogP contribution in [0.25, 0.3) is 0 Å². The predicted molar refractivity (Wildman–Crippen MR) is 50.2 cm³/mol. The van der Waals surface area contributed by atoms with E-state index in [9.17, 15) is 0 Å². The molecule has 1 heterocycles. The van der Waals surface area contributed by atoms with Crippen molar-refractivity contribution in [1.82, 2.24) is 15.0 Å². The molecule has 2 rings (SSSR count). The third-order valence-electron chi connectivity index (χ3n) is 2.82. The van der Waals surface area contributed by atoms with E-state index in [1.165, 1.54) is 19.3 Å². The minimum Gasteiger partial charge on any atom is -0.325 e. The van der Waals surface area contributed by atoms with Gasteiger partial charge in [-0.05, 0) is 25.7 Å². The maximum Gasteiger partial charge on any atom is 0.0869 e. The fraction of sp³-hybridized carbons (Fsp3) is 0.778. The molecule has 1 aromatic heterocycles. The van der Waals surface area contributed by atoms with Gasteiger partial charge in [0.1, 0.15) is 0 Å². The fourth-order valence-electron chi connectivity index (χ4n) is 1.76. The Hall–Kier alpha value is -0.900. The Bertz CT molecular complexity index is 288. The lowest BCUT2D eigenvalue weighted by molar-refractivity contribution is 0.277. The van der Waals surface area contributed by atoms with Crippen LogP contribution >= 0.6 is 0 Å². The highest BCUT2D eigenvalue weighted by Crippen LogP contribution is 2.32. The second-order valence-electron chi connectivity index (χ2n) is 3.57. The molecular formula is C9H16N4. The van der Waals surface area contributed by atoms with Gasteiger partial charge in [0, 0.05) is 6.54 Å². The first-order valence-electron chi connectivity index (χ1n) is 4.99. The van der Waals surface area contributed by atoms with Crippen molar-refractivity contribution in [2.24, 2.45) is 5.73 Å². The maximum absolute atomic E-state index is 5.69. The third-order valence-corrected chi connectivity index (χ3v) is 2.82. The molecular weight excluding hydrogens is 164 g/mol. The van der Waals surface area contributed by atoms with Gasteiger partial charge >= 0.3 is 0 Å². The van der Waals surface area contributed by atoms with E-state index in [4.69, 9.17) is 5.73 Å². The van der Waals surface area contributed by atoms with Crippen LogP contribution in [0.1, 0.15) is 43.6 Å². The van der Waals surface area contributed by atoms with Gasteiger partial charge in [0.2, 0.25) is 0 Å². The van der Waals surface area contributed by atoms with E-state index in [1.807, 2.05) is 4.68 Å². The molecule has 0 aromatic carbocycles. The van der Waals surface area contributed by atoms with Crippen molar-refractivity contribution in [2.45, 2.75) is 45.2 Å². The van der Waals surface area contributed by atoms with Gasteiger partial charge in [-0.1, -0.05) is 12.1 Å². The quantitative estimate of drug-likeness (QED) is 0.755. The Morgan fingerprint density at radius 1 is 1.54 bits per heavy atom. The highest BCUT2D eigenvalue weighted by atomic mass is 15.4. The zero-order valence-corrected chi connectivity index (χ0v) is 8.03. The average molecular weight is 180 g/mol. The topological polar surface area (TPSA) is 56.7 Å². The number of hydrogen-bond donors (Lipinski definition) is 1. The van der Waals surface area contributed by atoms with Gasteiger partial charge in [-0.25, -0.2) is 4.68 Å². The molecule has 0 bridgehead atoms. The van der Waals surface area contributed by atoms with E-state index in [0.717, 1.165) is 17.8 Å². The maximum atomic E-state index is 5.69. The molecule has 0 spiro atoms. The first-order valence-corrected chi connectivity index (χ1v) is 4.99. The third kappa shape index (κ3) is 1.35. The lowest BCUT2D eigenvalue weighted by Gasteiger charge is -2.26. The Balaban J connectivity index is 2.28. The minimum atomic E-state index is 0.562. The first-order chi connectivity index (χ1) is 6.36. The van der Waals surface area contributed by atoms with Crippen LogP contribution in [-0.4, -0.2) is 15.0 Å². The Morgan fingerprint density at radius 3 is 2.77 bits per heavy atom. The SMILES string of the molecule is CCc1nnn(C2CCC2)c1CN. The summed E-state index contributed by atoms with van der Waals surface area (Å²) in [6.45, 7) is 2.65. The van der Waals surface area contributed by atoms with Crippen LogP contribution in [0.4, 0.5) is 0 Å². The van der Waals surface area contributed by atoms with Crippen LogP contribution in [-0.2, 0) is 13.0 Å². The molecule has 1 aliphatic carbocycles. The van der Waals surface area contributed by atoms with E-state index in [1.54, 1.807) is 0 Å². The van der Waals surface area contributed by atoms with E-state index in [0.29, 0.717) is 12.6 Å². The van der Waals surface area contributed by atoms with E-state index in [2.05, 4.69) is 17.2 Å². The number of aryl methyl sites for hydroxylation is 1. The Morgan fingerprint density at radius 2 is 2.31 bits per heavy atom. The van der Waals surface area contributed by atoms with Crippen molar-refractivity contribution in [2.75, 3.05) is 0 Å². The molecule has 0 atom stereocenters. The van der Waals surface area contributed by atoms with Crippen molar-refractivity contribution in [3.63, 3.8) is 0 Å².